The molecule has 0 unspecified atom stereocenters. The molecule has 0 aliphatic carbocycles. The third kappa shape index (κ3) is 4.39. The first-order chi connectivity index (χ1) is 13.5. The van der Waals surface area contributed by atoms with E-state index >= 15 is 0 Å². The Balaban J connectivity index is 1.55. The van der Waals surface area contributed by atoms with E-state index in [1.807, 2.05) is 6.92 Å². The van der Waals surface area contributed by atoms with Crippen LogP contribution >= 0.6 is 0 Å². The number of hydrogen-bond acceptors (Lipinski definition) is 7. The first kappa shape index (κ1) is 19.6. The average molecular weight is 384 g/mol. The van der Waals surface area contributed by atoms with E-state index in [4.69, 9.17) is 9.47 Å². The van der Waals surface area contributed by atoms with Gasteiger partial charge in [-0.15, -0.1) is 0 Å². The number of hydrogen-bond donors (Lipinski definition) is 0. The van der Waals surface area contributed by atoms with Crippen molar-refractivity contribution in [1.29, 1.82) is 0 Å². The molecule has 0 atom stereocenters. The molecule has 0 N–H and O–H groups in total. The molecule has 8 nitrogen and oxygen atoms in total. The van der Waals surface area contributed by atoms with Crippen LogP contribution in [-0.2, 0) is 4.79 Å². The molecule has 0 saturated carbocycles. The third-order valence-corrected chi connectivity index (χ3v) is 4.72. The van der Waals surface area contributed by atoms with Crippen LogP contribution in [-0.4, -0.2) is 66.5 Å². The van der Waals surface area contributed by atoms with Crippen LogP contribution in [0, 0.1) is 6.92 Å². The Kier molecular flexibility index (Phi) is 6.08. The molecule has 1 fully saturated rings. The lowest BCUT2D eigenvalue weighted by Gasteiger charge is -2.35. The second-order valence-corrected chi connectivity index (χ2v) is 6.61. The highest BCUT2D eigenvalue weighted by atomic mass is 16.5. The molecule has 1 aliphatic heterocycles. The number of carbonyl (C=O) groups is 2. The smallest absolute Gasteiger partial charge is 0.260 e. The van der Waals surface area contributed by atoms with Gasteiger partial charge in [0.15, 0.2) is 23.9 Å². The number of benzene rings is 1. The number of piperazine rings is 1. The normalized spacial score (nSPS) is 14.0. The summed E-state index contributed by atoms with van der Waals surface area (Å²) in [5, 5.41) is 0. The molecule has 0 spiro atoms. The SMILES string of the molecule is COc1cc(C(C)=O)ccc1OCC(=O)N1CCN(c2ncncc2C)CC1. The zero-order chi connectivity index (χ0) is 20.1. The van der Waals surface area contributed by atoms with Gasteiger partial charge >= 0.3 is 0 Å². The van der Waals surface area contributed by atoms with Crippen LogP contribution in [0.5, 0.6) is 11.5 Å². The molecule has 2 heterocycles. The van der Waals surface area contributed by atoms with Gasteiger partial charge in [-0.25, -0.2) is 9.97 Å². The van der Waals surface area contributed by atoms with Crippen LogP contribution in [0.4, 0.5) is 5.82 Å². The lowest BCUT2D eigenvalue weighted by atomic mass is 10.1. The van der Waals surface area contributed by atoms with Crippen LogP contribution in [0.2, 0.25) is 0 Å². The van der Waals surface area contributed by atoms with E-state index in [2.05, 4.69) is 14.9 Å². The largest absolute Gasteiger partial charge is 0.493 e. The van der Waals surface area contributed by atoms with Gasteiger partial charge in [0.05, 0.1) is 7.11 Å². The summed E-state index contributed by atoms with van der Waals surface area (Å²) in [7, 11) is 1.50. The van der Waals surface area contributed by atoms with E-state index < -0.39 is 0 Å². The second-order valence-electron chi connectivity index (χ2n) is 6.61. The van der Waals surface area contributed by atoms with E-state index in [1.165, 1.54) is 14.0 Å². The van der Waals surface area contributed by atoms with Gasteiger partial charge in [0.25, 0.3) is 5.91 Å². The summed E-state index contributed by atoms with van der Waals surface area (Å²) >= 11 is 0. The van der Waals surface area contributed by atoms with Gasteiger partial charge < -0.3 is 19.3 Å². The van der Waals surface area contributed by atoms with Gasteiger partial charge in [0.1, 0.15) is 12.1 Å². The maximum Gasteiger partial charge on any atom is 0.260 e. The molecule has 1 saturated heterocycles. The minimum Gasteiger partial charge on any atom is -0.493 e. The quantitative estimate of drug-likeness (QED) is 0.701. The average Bonchev–Trinajstić information content (AvgIpc) is 2.72. The fourth-order valence-electron chi connectivity index (χ4n) is 3.13. The van der Waals surface area contributed by atoms with Crippen molar-refractivity contribution in [3.05, 3.63) is 41.9 Å². The maximum absolute atomic E-state index is 12.5. The predicted molar refractivity (Wildman–Crippen MR) is 104 cm³/mol. The predicted octanol–water partition coefficient (Wildman–Crippen LogP) is 1.72. The topological polar surface area (TPSA) is 84.9 Å². The summed E-state index contributed by atoms with van der Waals surface area (Å²) in [4.78, 5) is 36.3. The number of anilines is 1. The van der Waals surface area contributed by atoms with Crippen molar-refractivity contribution in [3.8, 4) is 11.5 Å². The lowest BCUT2D eigenvalue weighted by Crippen LogP contribution is -2.50. The second kappa shape index (κ2) is 8.69. The number of ketones is 1. The highest BCUT2D eigenvalue weighted by Crippen LogP contribution is 2.28. The minimum atomic E-state index is -0.0863. The molecule has 28 heavy (non-hydrogen) atoms. The van der Waals surface area contributed by atoms with E-state index in [0.29, 0.717) is 43.2 Å². The first-order valence-corrected chi connectivity index (χ1v) is 9.10. The van der Waals surface area contributed by atoms with E-state index in [-0.39, 0.29) is 18.3 Å². The number of rotatable bonds is 6. The van der Waals surface area contributed by atoms with Gasteiger partial charge in [-0.05, 0) is 32.0 Å². The van der Waals surface area contributed by atoms with Crippen molar-refractivity contribution in [2.24, 2.45) is 0 Å². The van der Waals surface area contributed by atoms with Crippen molar-refractivity contribution in [2.45, 2.75) is 13.8 Å². The standard InChI is InChI=1S/C20H24N4O4/c1-14-11-21-13-22-20(14)24-8-6-23(7-9-24)19(26)12-28-17-5-4-16(15(2)25)10-18(17)27-3/h4-5,10-11,13H,6-9,12H2,1-3H3. The van der Waals surface area contributed by atoms with Crippen molar-refractivity contribution in [3.63, 3.8) is 0 Å². The van der Waals surface area contributed by atoms with Crippen LogP contribution in [0.3, 0.4) is 0 Å². The Labute approximate surface area is 164 Å². The van der Waals surface area contributed by atoms with Crippen LogP contribution < -0.4 is 14.4 Å². The molecule has 0 bridgehead atoms. The summed E-state index contributed by atoms with van der Waals surface area (Å²) in [5.74, 6) is 1.64. The minimum absolute atomic E-state index is 0.0577. The molecule has 1 aromatic heterocycles. The summed E-state index contributed by atoms with van der Waals surface area (Å²) < 4.78 is 10.9. The van der Waals surface area contributed by atoms with E-state index in [9.17, 15) is 9.59 Å². The zero-order valence-electron chi connectivity index (χ0n) is 16.3. The number of methoxy groups -OCH3 is 1. The Morgan fingerprint density at radius 3 is 2.54 bits per heavy atom. The number of nitrogens with zero attached hydrogens (tertiary/aromatic N) is 4. The summed E-state index contributed by atoms with van der Waals surface area (Å²) in [6, 6.07) is 4.93. The molecule has 1 aliphatic rings. The molecule has 1 aromatic carbocycles. The van der Waals surface area contributed by atoms with Crippen LogP contribution in [0.1, 0.15) is 22.8 Å². The first-order valence-electron chi connectivity index (χ1n) is 9.10. The Morgan fingerprint density at radius 1 is 1.14 bits per heavy atom. The number of carbonyl (C=O) groups excluding carboxylic acids is 2. The number of amides is 1. The monoisotopic (exact) mass is 384 g/mol. The maximum atomic E-state index is 12.5. The molecule has 148 valence electrons. The Hall–Kier alpha value is -3.16. The van der Waals surface area contributed by atoms with Crippen molar-refractivity contribution < 1.29 is 19.1 Å². The number of aromatic nitrogens is 2. The van der Waals surface area contributed by atoms with Crippen LogP contribution in [0.15, 0.2) is 30.7 Å². The molecule has 2 aromatic rings. The zero-order valence-corrected chi connectivity index (χ0v) is 16.3. The molecule has 1 amide bonds. The van der Waals surface area contributed by atoms with Crippen molar-refractivity contribution in [1.82, 2.24) is 14.9 Å². The lowest BCUT2D eigenvalue weighted by molar-refractivity contribution is -0.133. The number of Topliss-reactive ketones (excluding diaryl/α,β-unsaturated/α-hetero) is 1. The number of aryl methyl sites for hydroxylation is 1. The van der Waals surface area contributed by atoms with Gasteiger partial charge in [0.2, 0.25) is 0 Å². The number of ether oxygens (including phenoxy) is 2. The fourth-order valence-corrected chi connectivity index (χ4v) is 3.13. The summed E-state index contributed by atoms with van der Waals surface area (Å²) in [5.41, 5.74) is 1.55. The molecule has 8 heteroatoms. The molecular formula is C20H24N4O4. The third-order valence-electron chi connectivity index (χ3n) is 4.72. The molecule has 3 rings (SSSR count). The van der Waals surface area contributed by atoms with Crippen LogP contribution in [0.25, 0.3) is 0 Å². The van der Waals surface area contributed by atoms with Crippen molar-refractivity contribution >= 4 is 17.5 Å². The van der Waals surface area contributed by atoms with Gasteiger partial charge in [-0.3, -0.25) is 9.59 Å². The highest BCUT2D eigenvalue weighted by Gasteiger charge is 2.23. The van der Waals surface area contributed by atoms with Gasteiger partial charge in [0, 0.05) is 43.5 Å². The van der Waals surface area contributed by atoms with E-state index in [1.54, 1.807) is 35.6 Å². The van der Waals surface area contributed by atoms with Gasteiger partial charge in [-0.1, -0.05) is 0 Å². The summed E-state index contributed by atoms with van der Waals surface area (Å²) in [6.07, 6.45) is 3.33. The Morgan fingerprint density at radius 2 is 1.89 bits per heavy atom. The van der Waals surface area contributed by atoms with E-state index in [0.717, 1.165) is 11.4 Å². The summed E-state index contributed by atoms with van der Waals surface area (Å²) in [6.45, 7) is 6.01. The highest BCUT2D eigenvalue weighted by molar-refractivity contribution is 5.94. The Bertz CT molecular complexity index is 863. The molecular weight excluding hydrogens is 360 g/mol. The fraction of sp³-hybridized carbons (Fsp3) is 0.400. The van der Waals surface area contributed by atoms with Crippen molar-refractivity contribution in [2.75, 3.05) is 44.8 Å². The van der Waals surface area contributed by atoms with Gasteiger partial charge in [-0.2, -0.15) is 0 Å². The molecule has 0 radical (unpaired) electrons.